The minimum atomic E-state index is -1.29. The molecule has 0 spiro atoms. The van der Waals surface area contributed by atoms with Crippen molar-refractivity contribution in [3.05, 3.63) is 59.7 Å². The van der Waals surface area contributed by atoms with Gasteiger partial charge in [0.2, 0.25) is 0 Å². The fourth-order valence-corrected chi connectivity index (χ4v) is 1.66. The summed E-state index contributed by atoms with van der Waals surface area (Å²) in [6, 6.07) is 10.4. The summed E-state index contributed by atoms with van der Waals surface area (Å²) < 4.78 is 35.7. The number of hydrogen-bond donors (Lipinski definition) is 1. The number of carbonyl (C=O) groups is 1. The highest BCUT2D eigenvalue weighted by Gasteiger charge is 2.13. The number of ether oxygens (including phenoxy) is 2. The van der Waals surface area contributed by atoms with Crippen LogP contribution in [0, 0.1) is 11.6 Å². The quantitative estimate of drug-likeness (QED) is 0.831. The van der Waals surface area contributed by atoms with E-state index in [1.54, 1.807) is 25.1 Å². The molecule has 1 N–H and O–H groups in total. The maximum absolute atomic E-state index is 13.2. The monoisotopic (exact) mass is 384 g/mol. The van der Waals surface area contributed by atoms with Gasteiger partial charge in [-0.15, -0.1) is 0 Å². The van der Waals surface area contributed by atoms with Crippen LogP contribution in [0.15, 0.2) is 42.5 Å². The summed E-state index contributed by atoms with van der Waals surface area (Å²) >= 11 is 0. The Morgan fingerprint density at radius 1 is 0.963 bits per heavy atom. The highest BCUT2D eigenvalue weighted by atomic mass is 19.1. The first-order chi connectivity index (χ1) is 12.4. The average Bonchev–Trinajstić information content (AvgIpc) is 2.60. The third-order valence-corrected chi connectivity index (χ3v) is 2.63. The van der Waals surface area contributed by atoms with Crippen molar-refractivity contribution in [1.82, 2.24) is 0 Å². The second-order valence-corrected chi connectivity index (χ2v) is 4.30. The molecule has 8 heteroatoms. The second kappa shape index (κ2) is 15.0. The SMILES string of the molecule is C.CCOc1cccc(C(=O)O)c1F.CCOc1ccccc1F.O=C=O. The Bertz CT molecular complexity index is 728. The van der Waals surface area contributed by atoms with E-state index in [1.807, 2.05) is 6.92 Å². The lowest BCUT2D eigenvalue weighted by Crippen LogP contribution is -2.03. The molecule has 2 aromatic rings. The fourth-order valence-electron chi connectivity index (χ4n) is 1.66. The van der Waals surface area contributed by atoms with Crippen molar-refractivity contribution in [1.29, 1.82) is 0 Å². The Morgan fingerprint density at radius 2 is 1.44 bits per heavy atom. The number of hydrogen-bond acceptors (Lipinski definition) is 5. The Labute approximate surface area is 156 Å². The van der Waals surface area contributed by atoms with Gasteiger partial charge in [0.05, 0.1) is 18.8 Å². The lowest BCUT2D eigenvalue weighted by atomic mass is 10.2. The van der Waals surface area contributed by atoms with Crippen molar-refractivity contribution in [3.63, 3.8) is 0 Å². The molecule has 2 aromatic carbocycles. The zero-order chi connectivity index (χ0) is 19.9. The predicted octanol–water partition coefficient (Wildman–Crippen LogP) is 4.20. The summed E-state index contributed by atoms with van der Waals surface area (Å²) in [4.78, 5) is 26.7. The maximum atomic E-state index is 13.2. The first-order valence-corrected chi connectivity index (χ1v) is 7.44. The fraction of sp³-hybridized carbons (Fsp3) is 0.263. The van der Waals surface area contributed by atoms with E-state index in [0.717, 1.165) is 0 Å². The van der Waals surface area contributed by atoms with Crippen LogP contribution in [0.1, 0.15) is 31.6 Å². The highest BCUT2D eigenvalue weighted by molar-refractivity contribution is 5.88. The Balaban J connectivity index is 0. The van der Waals surface area contributed by atoms with Gasteiger partial charge in [-0.1, -0.05) is 25.6 Å². The molecular weight excluding hydrogens is 362 g/mol. The van der Waals surface area contributed by atoms with Gasteiger partial charge >= 0.3 is 12.1 Å². The topological polar surface area (TPSA) is 89.9 Å². The number of carbonyl (C=O) groups excluding carboxylic acids is 2. The van der Waals surface area contributed by atoms with Gasteiger partial charge in [-0.05, 0) is 38.1 Å². The molecule has 0 fully saturated rings. The molecule has 0 aromatic heterocycles. The molecular formula is C19H22F2O6. The molecule has 0 aliphatic carbocycles. The lowest BCUT2D eigenvalue weighted by Gasteiger charge is -2.05. The van der Waals surface area contributed by atoms with Crippen molar-refractivity contribution in [2.45, 2.75) is 21.3 Å². The second-order valence-electron chi connectivity index (χ2n) is 4.30. The van der Waals surface area contributed by atoms with Crippen LogP contribution in [0.4, 0.5) is 8.78 Å². The van der Waals surface area contributed by atoms with Gasteiger partial charge in [0, 0.05) is 0 Å². The molecule has 148 valence electrons. The van der Waals surface area contributed by atoms with Gasteiger partial charge in [0.25, 0.3) is 0 Å². The third-order valence-electron chi connectivity index (χ3n) is 2.63. The first-order valence-electron chi connectivity index (χ1n) is 7.44. The van der Waals surface area contributed by atoms with E-state index >= 15 is 0 Å². The van der Waals surface area contributed by atoms with Crippen LogP contribution in [0.2, 0.25) is 0 Å². The number of benzene rings is 2. The van der Waals surface area contributed by atoms with Crippen LogP contribution in [-0.4, -0.2) is 30.4 Å². The molecule has 0 aliphatic heterocycles. The van der Waals surface area contributed by atoms with Gasteiger partial charge in [-0.2, -0.15) is 9.59 Å². The van der Waals surface area contributed by atoms with E-state index in [-0.39, 0.29) is 30.7 Å². The molecule has 0 radical (unpaired) electrons. The molecule has 0 unspecified atom stereocenters. The van der Waals surface area contributed by atoms with E-state index in [4.69, 9.17) is 24.2 Å². The summed E-state index contributed by atoms with van der Waals surface area (Å²) in [5.41, 5.74) is -0.369. The number of aromatic carboxylic acids is 1. The minimum absolute atomic E-state index is 0. The number of rotatable bonds is 5. The lowest BCUT2D eigenvalue weighted by molar-refractivity contribution is -0.191. The summed E-state index contributed by atoms with van der Waals surface area (Å²) in [5.74, 6) is -2.12. The molecule has 0 saturated heterocycles. The van der Waals surface area contributed by atoms with Gasteiger partial charge in [0.15, 0.2) is 23.1 Å². The van der Waals surface area contributed by atoms with E-state index in [1.165, 1.54) is 24.3 Å². The normalized spacial score (nSPS) is 8.44. The third kappa shape index (κ3) is 9.72. The van der Waals surface area contributed by atoms with Crippen molar-refractivity contribution in [2.75, 3.05) is 13.2 Å². The number of para-hydroxylation sites is 1. The maximum Gasteiger partial charge on any atom is 0.373 e. The zero-order valence-corrected chi connectivity index (χ0v) is 14.2. The van der Waals surface area contributed by atoms with E-state index in [2.05, 4.69) is 0 Å². The zero-order valence-electron chi connectivity index (χ0n) is 14.2. The summed E-state index contributed by atoms with van der Waals surface area (Å²) in [5, 5.41) is 8.56. The van der Waals surface area contributed by atoms with Crippen molar-refractivity contribution < 1.29 is 37.7 Å². The predicted molar refractivity (Wildman–Crippen MR) is 93.8 cm³/mol. The van der Waals surface area contributed by atoms with Gasteiger partial charge in [-0.25, -0.2) is 13.6 Å². The molecule has 0 bridgehead atoms. The molecule has 0 heterocycles. The highest BCUT2D eigenvalue weighted by Crippen LogP contribution is 2.20. The van der Waals surface area contributed by atoms with E-state index in [9.17, 15) is 13.6 Å². The smallest absolute Gasteiger partial charge is 0.373 e. The van der Waals surface area contributed by atoms with Crippen LogP contribution in [0.25, 0.3) is 0 Å². The first kappa shape index (κ1) is 26.0. The Hall–Kier alpha value is -3.25. The van der Waals surface area contributed by atoms with Crippen LogP contribution in [0.5, 0.6) is 11.5 Å². The Morgan fingerprint density at radius 3 is 1.93 bits per heavy atom. The number of carboxylic acids is 1. The van der Waals surface area contributed by atoms with Gasteiger partial charge in [-0.3, -0.25) is 0 Å². The molecule has 0 aliphatic rings. The summed E-state index contributed by atoms with van der Waals surface area (Å²) in [7, 11) is 0. The average molecular weight is 384 g/mol. The van der Waals surface area contributed by atoms with E-state index in [0.29, 0.717) is 19.0 Å². The van der Waals surface area contributed by atoms with Crippen LogP contribution >= 0.6 is 0 Å². The molecule has 2 rings (SSSR count). The molecule has 27 heavy (non-hydrogen) atoms. The van der Waals surface area contributed by atoms with Crippen LogP contribution in [0.3, 0.4) is 0 Å². The standard InChI is InChI=1S/C9H9FO3.C8H9FO.CO2.CH4/c1-2-13-7-5-3-4-6(8(7)10)9(11)12;1-2-10-8-6-4-3-5-7(8)9;2-1-3;/h3-5H,2H2,1H3,(H,11,12);3-6H,2H2,1H3;;1H4. The molecule has 6 nitrogen and oxygen atoms in total. The number of carboxylic acid groups (broad SMARTS) is 1. The molecule has 0 atom stereocenters. The van der Waals surface area contributed by atoms with Crippen molar-refractivity contribution >= 4 is 12.1 Å². The molecule has 0 saturated carbocycles. The minimum Gasteiger partial charge on any atom is -0.491 e. The van der Waals surface area contributed by atoms with Crippen molar-refractivity contribution in [3.8, 4) is 11.5 Å². The van der Waals surface area contributed by atoms with E-state index < -0.39 is 11.8 Å². The summed E-state index contributed by atoms with van der Waals surface area (Å²) in [6.45, 7) is 4.33. The van der Waals surface area contributed by atoms with Crippen LogP contribution < -0.4 is 9.47 Å². The Kier molecular flexibility index (Phi) is 14.5. The van der Waals surface area contributed by atoms with Crippen molar-refractivity contribution in [2.24, 2.45) is 0 Å². The van der Waals surface area contributed by atoms with Gasteiger partial charge in [0.1, 0.15) is 0 Å². The van der Waals surface area contributed by atoms with Crippen LogP contribution in [-0.2, 0) is 9.59 Å². The summed E-state index contributed by atoms with van der Waals surface area (Å²) in [6.07, 6.45) is 0.250. The van der Waals surface area contributed by atoms with Gasteiger partial charge < -0.3 is 14.6 Å². The largest absolute Gasteiger partial charge is 0.491 e. The number of halogens is 2. The molecule has 0 amide bonds.